The second-order valence-electron chi connectivity index (χ2n) is 6.87. The van der Waals surface area contributed by atoms with E-state index in [1.54, 1.807) is 18.4 Å². The number of para-hydroxylation sites is 1. The van der Waals surface area contributed by atoms with Gasteiger partial charge in [0, 0.05) is 11.1 Å². The van der Waals surface area contributed by atoms with Crippen LogP contribution in [0, 0.1) is 0 Å². The van der Waals surface area contributed by atoms with Crippen LogP contribution in [0.25, 0.3) is 5.70 Å². The van der Waals surface area contributed by atoms with Crippen molar-refractivity contribution in [1.29, 1.82) is 0 Å². The summed E-state index contributed by atoms with van der Waals surface area (Å²) >= 11 is 1.72. The lowest BCUT2D eigenvalue weighted by Crippen LogP contribution is -2.43. The Morgan fingerprint density at radius 2 is 1.97 bits per heavy atom. The Labute approximate surface area is 174 Å². The molecule has 5 nitrogen and oxygen atoms in total. The summed E-state index contributed by atoms with van der Waals surface area (Å²) in [4.78, 5) is 1.20. The first-order valence-corrected chi connectivity index (χ1v) is 10.5. The highest BCUT2D eigenvalue weighted by Crippen LogP contribution is 2.49. The van der Waals surface area contributed by atoms with Crippen molar-refractivity contribution in [3.05, 3.63) is 82.1 Å². The molecule has 2 atom stereocenters. The monoisotopic (exact) mass is 406 g/mol. The van der Waals surface area contributed by atoms with Gasteiger partial charge in [-0.15, -0.1) is 11.3 Å². The molecule has 1 aromatic heterocycles. The number of thiophene rings is 1. The van der Waals surface area contributed by atoms with Crippen LogP contribution in [0.5, 0.6) is 17.2 Å². The van der Waals surface area contributed by atoms with Crippen molar-refractivity contribution in [1.82, 2.24) is 10.4 Å². The van der Waals surface area contributed by atoms with Crippen LogP contribution in [0.2, 0.25) is 0 Å². The fraction of sp³-hybridized carbons (Fsp3) is 0.217. The molecule has 0 spiro atoms. The Hall–Kier alpha value is -2.96. The van der Waals surface area contributed by atoms with Crippen LogP contribution < -0.4 is 19.6 Å². The summed E-state index contributed by atoms with van der Waals surface area (Å²) in [6.07, 6.45) is 1.97. The van der Waals surface area contributed by atoms with Crippen molar-refractivity contribution in [2.45, 2.75) is 19.2 Å². The van der Waals surface area contributed by atoms with Gasteiger partial charge >= 0.3 is 0 Å². The summed E-state index contributed by atoms with van der Waals surface area (Å²) in [6.45, 7) is 2.58. The molecule has 148 valence electrons. The first-order valence-electron chi connectivity index (χ1n) is 9.65. The molecule has 29 heavy (non-hydrogen) atoms. The fourth-order valence-corrected chi connectivity index (χ4v) is 4.53. The predicted octanol–water partition coefficient (Wildman–Crippen LogP) is 5.15. The minimum atomic E-state index is -0.297. The Bertz CT molecular complexity index is 1030. The predicted molar refractivity (Wildman–Crippen MR) is 114 cm³/mol. The number of rotatable bonds is 5. The van der Waals surface area contributed by atoms with Gasteiger partial charge in [0.05, 0.1) is 30.3 Å². The molecule has 6 heteroatoms. The van der Waals surface area contributed by atoms with Gasteiger partial charge in [-0.1, -0.05) is 30.3 Å². The van der Waals surface area contributed by atoms with Gasteiger partial charge in [0.1, 0.15) is 5.75 Å². The minimum absolute atomic E-state index is 0.0448. The van der Waals surface area contributed by atoms with Gasteiger partial charge < -0.3 is 19.6 Å². The van der Waals surface area contributed by atoms with Crippen LogP contribution in [-0.2, 0) is 0 Å². The van der Waals surface area contributed by atoms with Gasteiger partial charge in [-0.05, 0) is 42.6 Å². The maximum absolute atomic E-state index is 6.52. The van der Waals surface area contributed by atoms with Crippen molar-refractivity contribution in [3.8, 4) is 17.2 Å². The third kappa shape index (κ3) is 3.14. The number of methoxy groups -OCH3 is 1. The third-order valence-electron chi connectivity index (χ3n) is 5.17. The highest BCUT2D eigenvalue weighted by molar-refractivity contribution is 7.11. The number of hydrogen-bond donors (Lipinski definition) is 1. The van der Waals surface area contributed by atoms with Crippen molar-refractivity contribution < 1.29 is 14.2 Å². The molecule has 0 saturated carbocycles. The van der Waals surface area contributed by atoms with Crippen LogP contribution in [-0.4, -0.2) is 18.7 Å². The molecule has 0 amide bonds. The minimum Gasteiger partial charge on any atom is -0.497 e. The van der Waals surface area contributed by atoms with E-state index < -0.39 is 0 Å². The van der Waals surface area contributed by atoms with E-state index in [4.69, 9.17) is 14.2 Å². The number of fused-ring (bicyclic) bond motifs is 3. The lowest BCUT2D eigenvalue weighted by molar-refractivity contribution is -0.0345. The summed E-state index contributed by atoms with van der Waals surface area (Å²) in [5, 5.41) is 4.25. The second-order valence-corrected chi connectivity index (χ2v) is 7.82. The summed E-state index contributed by atoms with van der Waals surface area (Å²) in [5.74, 6) is 2.41. The van der Waals surface area contributed by atoms with Crippen molar-refractivity contribution in [3.63, 3.8) is 0 Å². The normalized spacial score (nSPS) is 20.1. The SMILES string of the molecule is CCOc1cccc2c1OC(c1ccc(OC)cc1)N1NC(c3cccs3)=CC21. The maximum atomic E-state index is 6.52. The van der Waals surface area contributed by atoms with E-state index in [2.05, 4.69) is 40.1 Å². The van der Waals surface area contributed by atoms with E-state index >= 15 is 0 Å². The van der Waals surface area contributed by atoms with Gasteiger partial charge in [0.15, 0.2) is 17.7 Å². The van der Waals surface area contributed by atoms with E-state index in [0.717, 1.165) is 34.1 Å². The van der Waals surface area contributed by atoms with Gasteiger partial charge in [0.25, 0.3) is 0 Å². The first-order chi connectivity index (χ1) is 14.3. The van der Waals surface area contributed by atoms with Crippen LogP contribution in [0.1, 0.15) is 35.2 Å². The largest absolute Gasteiger partial charge is 0.497 e. The lowest BCUT2D eigenvalue weighted by Gasteiger charge is -2.39. The fourth-order valence-electron chi connectivity index (χ4n) is 3.82. The molecule has 0 bridgehead atoms. The smallest absolute Gasteiger partial charge is 0.196 e. The standard InChI is InChI=1S/C23H22N2O3S/c1-3-27-20-7-4-6-17-19-14-18(21-8-5-13-29-21)24-25(19)23(28-22(17)20)15-9-11-16(26-2)12-10-15/h4-14,19,23-24H,3H2,1-2H3. The van der Waals surface area contributed by atoms with Gasteiger partial charge in [-0.2, -0.15) is 5.01 Å². The number of hydrazine groups is 1. The lowest BCUT2D eigenvalue weighted by atomic mass is 10.0. The number of nitrogens with zero attached hydrogens (tertiary/aromatic N) is 1. The van der Waals surface area contributed by atoms with Crippen molar-refractivity contribution in [2.24, 2.45) is 0 Å². The zero-order valence-electron chi connectivity index (χ0n) is 16.3. The highest BCUT2D eigenvalue weighted by Gasteiger charge is 2.41. The molecule has 2 aliphatic rings. The molecule has 0 radical (unpaired) electrons. The molecule has 0 aliphatic carbocycles. The quantitative estimate of drug-likeness (QED) is 0.635. The van der Waals surface area contributed by atoms with Gasteiger partial charge in [0.2, 0.25) is 0 Å². The average molecular weight is 407 g/mol. The maximum Gasteiger partial charge on any atom is 0.196 e. The summed E-state index contributed by atoms with van der Waals surface area (Å²) in [7, 11) is 1.67. The Balaban J connectivity index is 1.59. The molecule has 0 fully saturated rings. The van der Waals surface area contributed by atoms with E-state index in [-0.39, 0.29) is 12.3 Å². The molecule has 1 N–H and O–H groups in total. The molecule has 2 unspecified atom stereocenters. The number of nitrogens with one attached hydrogen (secondary N) is 1. The average Bonchev–Trinajstić information content (AvgIpc) is 3.44. The van der Waals surface area contributed by atoms with E-state index in [0.29, 0.717) is 6.61 Å². The van der Waals surface area contributed by atoms with E-state index in [9.17, 15) is 0 Å². The molecule has 3 heterocycles. The topological polar surface area (TPSA) is 43.0 Å². The van der Waals surface area contributed by atoms with Crippen LogP contribution in [0.15, 0.2) is 66.1 Å². The summed E-state index contributed by atoms with van der Waals surface area (Å²) in [5.41, 5.74) is 6.81. The van der Waals surface area contributed by atoms with Gasteiger partial charge in [-0.25, -0.2) is 0 Å². The van der Waals surface area contributed by atoms with Crippen LogP contribution in [0.4, 0.5) is 0 Å². The van der Waals surface area contributed by atoms with Crippen molar-refractivity contribution >= 4 is 17.0 Å². The number of benzene rings is 2. The zero-order chi connectivity index (χ0) is 19.8. The van der Waals surface area contributed by atoms with E-state index in [1.807, 2.05) is 43.3 Å². The Morgan fingerprint density at radius 1 is 1.10 bits per heavy atom. The van der Waals surface area contributed by atoms with E-state index in [1.165, 1.54) is 4.88 Å². The number of ether oxygens (including phenoxy) is 3. The van der Waals surface area contributed by atoms with Gasteiger partial charge in [-0.3, -0.25) is 0 Å². The molecular weight excluding hydrogens is 384 g/mol. The Kier molecular flexibility index (Phi) is 4.66. The Morgan fingerprint density at radius 3 is 2.69 bits per heavy atom. The molecule has 2 aromatic carbocycles. The second kappa shape index (κ2) is 7.46. The molecule has 5 rings (SSSR count). The molecule has 0 saturated heterocycles. The summed E-state index contributed by atoms with van der Waals surface area (Å²) in [6, 6.07) is 18.3. The zero-order valence-corrected chi connectivity index (χ0v) is 17.1. The van der Waals surface area contributed by atoms with Crippen LogP contribution >= 0.6 is 11.3 Å². The highest BCUT2D eigenvalue weighted by atomic mass is 32.1. The van der Waals surface area contributed by atoms with Crippen molar-refractivity contribution in [2.75, 3.05) is 13.7 Å². The molecular formula is C23H22N2O3S. The third-order valence-corrected chi connectivity index (χ3v) is 6.07. The molecule has 3 aromatic rings. The summed E-state index contributed by atoms with van der Waals surface area (Å²) < 4.78 is 17.7. The van der Waals surface area contributed by atoms with Crippen LogP contribution in [0.3, 0.4) is 0 Å². The first kappa shape index (κ1) is 18.1. The molecule has 2 aliphatic heterocycles. The number of hydrogen-bond acceptors (Lipinski definition) is 6.